The van der Waals surface area contributed by atoms with Gasteiger partial charge in [-0.25, -0.2) is 0 Å². The lowest BCUT2D eigenvalue weighted by atomic mass is 9.86. The third kappa shape index (κ3) is 3.53. The van der Waals surface area contributed by atoms with Crippen LogP contribution >= 0.6 is 0 Å². The van der Waals surface area contributed by atoms with Crippen LogP contribution in [0.25, 0.3) is 0 Å². The molecule has 29 heavy (non-hydrogen) atoms. The lowest BCUT2D eigenvalue weighted by Crippen LogP contribution is -2.43. The predicted molar refractivity (Wildman–Crippen MR) is 104 cm³/mol. The first kappa shape index (κ1) is 20.3. The summed E-state index contributed by atoms with van der Waals surface area (Å²) in [4.78, 5) is 35.7. The maximum absolute atomic E-state index is 13.3. The Labute approximate surface area is 166 Å². The number of nitro groups is 1. The molecule has 1 aliphatic carbocycles. The van der Waals surface area contributed by atoms with E-state index in [0.29, 0.717) is 5.56 Å². The summed E-state index contributed by atoms with van der Waals surface area (Å²) in [5.74, 6) is -1.71. The number of nitrogens with one attached hydrogen (secondary N) is 1. The standard InChI is InChI=1S/C17H17N4O7S/c1-9-4-6-10(7-5-9)16(22)17(29(2)3)13-11(19(23)24)8-12(20(25)26)14-15(13)21(27)28-18-14/h4-8,13,17H,1-3H3,(H-,18,25,26,27)/q+1. The summed E-state index contributed by atoms with van der Waals surface area (Å²) in [6.45, 7) is 1.85. The highest BCUT2D eigenvalue weighted by Gasteiger charge is 2.56. The number of carbonyl (C=O) groups is 1. The molecule has 0 fully saturated rings. The fourth-order valence-electron chi connectivity index (χ4n) is 3.30. The Morgan fingerprint density at radius 1 is 1.24 bits per heavy atom. The zero-order valence-corrected chi connectivity index (χ0v) is 16.5. The van der Waals surface area contributed by atoms with Crippen molar-refractivity contribution in [3.8, 4) is 0 Å². The van der Waals surface area contributed by atoms with Gasteiger partial charge < -0.3 is 10.4 Å². The van der Waals surface area contributed by atoms with Crippen molar-refractivity contribution in [1.82, 2.24) is 5.16 Å². The molecule has 1 aliphatic rings. The second kappa shape index (κ2) is 7.54. The van der Waals surface area contributed by atoms with E-state index in [-0.39, 0.29) is 16.0 Å². The quantitative estimate of drug-likeness (QED) is 0.248. The van der Waals surface area contributed by atoms with E-state index in [2.05, 4.69) is 9.79 Å². The molecule has 1 N–H and O–H groups in total. The van der Waals surface area contributed by atoms with Crippen LogP contribution in [0, 0.1) is 32.4 Å². The van der Waals surface area contributed by atoms with Gasteiger partial charge in [0.15, 0.2) is 10.5 Å². The van der Waals surface area contributed by atoms with Crippen LogP contribution in [0.2, 0.25) is 0 Å². The molecule has 152 valence electrons. The number of carbonyl (C=O) groups excluding carboxylic acids is 1. The Morgan fingerprint density at radius 3 is 2.38 bits per heavy atom. The molecule has 1 heterocycles. The molecule has 12 heteroatoms. The second-order valence-corrected chi connectivity index (χ2v) is 8.95. The van der Waals surface area contributed by atoms with E-state index in [9.17, 15) is 30.2 Å². The van der Waals surface area contributed by atoms with E-state index in [0.717, 1.165) is 11.6 Å². The Hall–Kier alpha value is -3.41. The molecule has 11 nitrogen and oxygen atoms in total. The number of nitrogens with zero attached hydrogens (tertiary/aromatic N) is 3. The normalized spacial score (nSPS) is 16.9. The van der Waals surface area contributed by atoms with E-state index >= 15 is 0 Å². The van der Waals surface area contributed by atoms with Gasteiger partial charge in [0, 0.05) is 5.56 Å². The number of hydrogen-bond donors (Lipinski definition) is 1. The van der Waals surface area contributed by atoms with Gasteiger partial charge >= 0.3 is 0 Å². The van der Waals surface area contributed by atoms with Crippen molar-refractivity contribution in [2.24, 2.45) is 0 Å². The number of fused-ring (bicyclic) bond motifs is 1. The first-order valence-electron chi connectivity index (χ1n) is 8.32. The van der Waals surface area contributed by atoms with Gasteiger partial charge in [-0.3, -0.25) is 14.9 Å². The molecule has 1 aromatic carbocycles. The molecule has 0 saturated heterocycles. The first-order valence-corrected chi connectivity index (χ1v) is 10.4. The molecule has 1 aromatic heterocycles. The lowest BCUT2D eigenvalue weighted by Gasteiger charge is -2.20. The molecule has 0 amide bonds. The minimum absolute atomic E-state index is 0.0394. The highest BCUT2D eigenvalue weighted by molar-refractivity contribution is 7.96. The zero-order valence-electron chi connectivity index (χ0n) is 15.6. The number of H-pyrrole nitrogens is 1. The second-order valence-electron chi connectivity index (χ2n) is 6.69. The summed E-state index contributed by atoms with van der Waals surface area (Å²) in [5.41, 5.74) is -0.640. The molecule has 2 aromatic rings. The van der Waals surface area contributed by atoms with Gasteiger partial charge in [-0.1, -0.05) is 39.6 Å². The van der Waals surface area contributed by atoms with Gasteiger partial charge in [0.25, 0.3) is 22.8 Å². The van der Waals surface area contributed by atoms with Crippen LogP contribution < -0.4 is 4.60 Å². The zero-order chi connectivity index (χ0) is 21.5. The minimum atomic E-state index is -1.32. The molecule has 0 saturated carbocycles. The Kier molecular flexibility index (Phi) is 5.29. The molecule has 3 rings (SSSR count). The number of allylic oxidation sites excluding steroid dienone is 2. The van der Waals surface area contributed by atoms with E-state index in [1.807, 2.05) is 6.92 Å². The summed E-state index contributed by atoms with van der Waals surface area (Å²) in [6, 6.07) is 6.70. The van der Waals surface area contributed by atoms with Crippen LogP contribution in [0.3, 0.4) is 0 Å². The number of hydrogen-bond acceptors (Lipinski definition) is 7. The molecule has 2 unspecified atom stereocenters. The van der Waals surface area contributed by atoms with Crippen molar-refractivity contribution in [2.45, 2.75) is 18.1 Å². The first-order chi connectivity index (χ1) is 13.6. The maximum atomic E-state index is 13.3. The maximum Gasteiger partial charge on any atom is 0.289 e. The SMILES string of the molecule is Cc1ccc(C(=O)C(C2C([N+](=O)[O-])=CC(=[N+]([O-])[O-])c3[nH]o[n+](=O)c32)[S+](C)C)cc1. The monoisotopic (exact) mass is 421 g/mol. The van der Waals surface area contributed by atoms with Crippen LogP contribution in [-0.4, -0.2) is 44.2 Å². The van der Waals surface area contributed by atoms with E-state index in [1.54, 1.807) is 36.8 Å². The van der Waals surface area contributed by atoms with Gasteiger partial charge in [0.1, 0.15) is 0 Å². The smallest absolute Gasteiger partial charge is 0.289 e. The van der Waals surface area contributed by atoms with Gasteiger partial charge in [-0.2, -0.15) is 4.90 Å². The topological polar surface area (TPSA) is 161 Å². The average molecular weight is 421 g/mol. The highest BCUT2D eigenvalue weighted by Crippen LogP contribution is 2.37. The summed E-state index contributed by atoms with van der Waals surface area (Å²) < 4.78 is 4.59. The number of aromatic amines is 1. The molecular formula is C17H17N4O7S+. The Balaban J connectivity index is 2.24. The number of aryl methyl sites for hydroxylation is 1. The molecule has 0 spiro atoms. The van der Waals surface area contributed by atoms with Crippen molar-refractivity contribution in [3.05, 3.63) is 84.0 Å². The number of Topliss-reactive ketones (excluding diaryl/α,β-unsaturated/α-hetero) is 1. The molecule has 0 radical (unpaired) electrons. The fraction of sp³-hybridized carbons (Fsp3) is 0.294. The van der Waals surface area contributed by atoms with Crippen LogP contribution in [-0.2, 0) is 10.9 Å². The molecule has 0 bridgehead atoms. The van der Waals surface area contributed by atoms with Crippen LogP contribution in [0.4, 0.5) is 0 Å². The van der Waals surface area contributed by atoms with E-state index in [1.165, 1.54) is 0 Å². The van der Waals surface area contributed by atoms with Gasteiger partial charge in [0.05, 0.1) is 23.5 Å². The third-order valence-corrected chi connectivity index (χ3v) is 6.15. The summed E-state index contributed by atoms with van der Waals surface area (Å²) in [7, 11) is -0.727. The number of aromatic nitrogens is 2. The molecule has 0 aliphatic heterocycles. The number of benzene rings is 1. The van der Waals surface area contributed by atoms with Gasteiger partial charge in [-0.15, -0.1) is 0 Å². The molecule has 2 atom stereocenters. The van der Waals surface area contributed by atoms with Crippen molar-refractivity contribution >= 4 is 22.4 Å². The Morgan fingerprint density at radius 2 is 1.86 bits per heavy atom. The third-order valence-electron chi connectivity index (χ3n) is 4.65. The van der Waals surface area contributed by atoms with E-state index < -0.39 is 49.1 Å². The van der Waals surface area contributed by atoms with Crippen LogP contribution in [0.1, 0.15) is 33.2 Å². The van der Waals surface area contributed by atoms with Crippen molar-refractivity contribution in [2.75, 3.05) is 12.5 Å². The summed E-state index contributed by atoms with van der Waals surface area (Å²) in [6.07, 6.45) is 4.22. The van der Waals surface area contributed by atoms with Crippen molar-refractivity contribution < 1.29 is 23.8 Å². The summed E-state index contributed by atoms with van der Waals surface area (Å²) >= 11 is 0. The van der Waals surface area contributed by atoms with Crippen LogP contribution in [0.15, 0.2) is 40.7 Å². The number of rotatable bonds is 5. The minimum Gasteiger partial charge on any atom is -0.612 e. The molecular weight excluding hydrogens is 404 g/mol. The highest BCUT2D eigenvalue weighted by atomic mass is 32.2. The van der Waals surface area contributed by atoms with Crippen molar-refractivity contribution in [1.29, 1.82) is 0 Å². The Bertz CT molecular complexity index is 1090. The van der Waals surface area contributed by atoms with Crippen LogP contribution in [0.5, 0.6) is 0 Å². The van der Waals surface area contributed by atoms with Gasteiger partial charge in [0.2, 0.25) is 11.0 Å². The fourth-order valence-corrected chi connectivity index (χ4v) is 4.68. The summed E-state index contributed by atoms with van der Waals surface area (Å²) in [5, 5.41) is 35.6. The van der Waals surface area contributed by atoms with Gasteiger partial charge in [-0.05, 0) is 22.7 Å². The number of ketones is 1. The average Bonchev–Trinajstić information content (AvgIpc) is 3.03. The largest absolute Gasteiger partial charge is 0.612 e. The predicted octanol–water partition coefficient (Wildman–Crippen LogP) is 1.02. The van der Waals surface area contributed by atoms with E-state index in [4.69, 9.17) is 0 Å². The lowest BCUT2D eigenvalue weighted by molar-refractivity contribution is -0.720. The van der Waals surface area contributed by atoms with Crippen molar-refractivity contribution in [3.63, 3.8) is 0 Å².